The molecule has 2 N–H and O–H groups in total. The lowest BCUT2D eigenvalue weighted by Gasteiger charge is -2.42. The Morgan fingerprint density at radius 3 is 2.52 bits per heavy atom. The third-order valence-electron chi connectivity index (χ3n) is 7.62. The maximum Gasteiger partial charge on any atom is 0.217 e. The van der Waals surface area contributed by atoms with E-state index in [1.54, 1.807) is 6.92 Å². The largest absolute Gasteiger partial charge is 0.351 e. The van der Waals surface area contributed by atoms with Crippen molar-refractivity contribution in [3.05, 3.63) is 29.6 Å². The lowest BCUT2D eigenvalue weighted by molar-refractivity contribution is -0.119. The van der Waals surface area contributed by atoms with Crippen molar-refractivity contribution < 1.29 is 4.79 Å². The molecule has 0 radical (unpaired) electrons. The summed E-state index contributed by atoms with van der Waals surface area (Å²) in [6.45, 7) is 8.96. The highest BCUT2D eigenvalue weighted by Crippen LogP contribution is 2.36. The lowest BCUT2D eigenvalue weighted by Crippen LogP contribution is -2.44. The number of rotatable bonds is 6. The molecule has 1 aliphatic heterocycles. The predicted octanol–water partition coefficient (Wildman–Crippen LogP) is 4.52. The fourth-order valence-corrected chi connectivity index (χ4v) is 5.80. The van der Waals surface area contributed by atoms with E-state index < -0.39 is 0 Å². The summed E-state index contributed by atoms with van der Waals surface area (Å²) in [4.78, 5) is 19.0. The fraction of sp³-hybridized carbons (Fsp3) is 0.640. The summed E-state index contributed by atoms with van der Waals surface area (Å²) in [6.07, 6.45) is 10.9. The summed E-state index contributed by atoms with van der Waals surface area (Å²) in [6, 6.07) is 5.07. The smallest absolute Gasteiger partial charge is 0.217 e. The molecule has 1 saturated carbocycles. The number of nitrogens with zero attached hydrogens (tertiary/aromatic N) is 3. The normalized spacial score (nSPS) is 23.4. The fourth-order valence-electron chi connectivity index (χ4n) is 5.80. The first kappa shape index (κ1) is 22.0. The highest BCUT2D eigenvalue weighted by molar-refractivity contribution is 5.99. The van der Waals surface area contributed by atoms with Crippen LogP contribution in [0.2, 0.25) is 0 Å². The van der Waals surface area contributed by atoms with E-state index in [2.05, 4.69) is 33.6 Å². The van der Waals surface area contributed by atoms with Crippen LogP contribution in [0.1, 0.15) is 76.6 Å². The van der Waals surface area contributed by atoms with Gasteiger partial charge in [-0.25, -0.2) is 4.98 Å². The van der Waals surface area contributed by atoms with Gasteiger partial charge < -0.3 is 20.2 Å². The van der Waals surface area contributed by atoms with Crippen LogP contribution in [0.15, 0.2) is 18.3 Å². The molecule has 2 fully saturated rings. The summed E-state index contributed by atoms with van der Waals surface area (Å²) >= 11 is 0. The molecule has 0 atom stereocenters. The van der Waals surface area contributed by atoms with Crippen molar-refractivity contribution in [2.45, 2.75) is 77.9 Å². The second kappa shape index (κ2) is 9.51. The molecular weight excluding hydrogens is 386 g/mol. The molecule has 0 bridgehead atoms. The minimum atomic E-state index is -0.0486. The van der Waals surface area contributed by atoms with E-state index in [4.69, 9.17) is 5.41 Å². The Kier molecular flexibility index (Phi) is 6.75. The van der Waals surface area contributed by atoms with Crippen LogP contribution in [-0.4, -0.2) is 45.7 Å². The van der Waals surface area contributed by atoms with Crippen LogP contribution in [0.4, 0.5) is 0 Å². The van der Waals surface area contributed by atoms with Gasteiger partial charge in [0.15, 0.2) is 0 Å². The van der Waals surface area contributed by atoms with Gasteiger partial charge in [0, 0.05) is 61.2 Å². The Bertz CT molecular complexity index is 917. The van der Waals surface area contributed by atoms with E-state index in [-0.39, 0.29) is 5.91 Å². The van der Waals surface area contributed by atoms with Crippen LogP contribution >= 0.6 is 0 Å². The van der Waals surface area contributed by atoms with Crippen LogP contribution in [0.25, 0.3) is 11.0 Å². The number of hydrogen-bond acceptors (Lipinski definition) is 4. The van der Waals surface area contributed by atoms with Crippen molar-refractivity contribution in [2.75, 3.05) is 13.1 Å². The van der Waals surface area contributed by atoms with Gasteiger partial charge in [0.25, 0.3) is 0 Å². The second-order valence-electron chi connectivity index (χ2n) is 9.74. The lowest BCUT2D eigenvalue weighted by atomic mass is 9.79. The predicted molar refractivity (Wildman–Crippen MR) is 126 cm³/mol. The average Bonchev–Trinajstić information content (AvgIpc) is 3.11. The van der Waals surface area contributed by atoms with Gasteiger partial charge in [-0.1, -0.05) is 13.8 Å². The molecule has 3 heterocycles. The van der Waals surface area contributed by atoms with E-state index in [1.165, 1.54) is 31.9 Å². The zero-order valence-electron chi connectivity index (χ0n) is 19.2. The molecule has 168 valence electrons. The van der Waals surface area contributed by atoms with Crippen LogP contribution in [-0.2, 0) is 11.3 Å². The number of carbonyl (C=O) groups excluding carboxylic acids is 1. The van der Waals surface area contributed by atoms with E-state index in [1.807, 2.05) is 18.3 Å². The molecule has 6 nitrogen and oxygen atoms in total. The monoisotopic (exact) mass is 423 g/mol. The molecule has 6 heteroatoms. The summed E-state index contributed by atoms with van der Waals surface area (Å²) in [5.74, 6) is 1.67. The first-order valence-corrected chi connectivity index (χ1v) is 12.0. The van der Waals surface area contributed by atoms with E-state index in [0.29, 0.717) is 12.6 Å². The highest BCUT2D eigenvalue weighted by Gasteiger charge is 2.32. The molecule has 2 aliphatic rings. The number of carbonyl (C=O) groups is 1. The van der Waals surface area contributed by atoms with Gasteiger partial charge in [0.05, 0.1) is 6.54 Å². The number of piperidine rings is 1. The average molecular weight is 424 g/mol. The Hall–Kier alpha value is -2.21. The van der Waals surface area contributed by atoms with Crippen molar-refractivity contribution in [2.24, 2.45) is 11.8 Å². The maximum atomic E-state index is 11.6. The third kappa shape index (κ3) is 4.54. The molecule has 1 saturated heterocycles. The van der Waals surface area contributed by atoms with Crippen LogP contribution < -0.4 is 5.32 Å². The molecule has 31 heavy (non-hydrogen) atoms. The van der Waals surface area contributed by atoms with Gasteiger partial charge in [-0.05, 0) is 62.5 Å². The standard InChI is InChI=1S/C25H37N5O/c1-17(2)19-6-8-20(9-7-19)29-13-10-21(11-14-29)30-24(16-28-18(3)31)23(15-26)22-5-4-12-27-25(22)30/h4-5,12,15,17,19-21,26H,6-11,13-14,16H2,1-3H3,(H,28,31)/t19-,20+. The van der Waals surface area contributed by atoms with Crippen molar-refractivity contribution in [3.8, 4) is 0 Å². The van der Waals surface area contributed by atoms with Crippen molar-refractivity contribution in [1.82, 2.24) is 19.8 Å². The molecule has 1 amide bonds. The van der Waals surface area contributed by atoms with Gasteiger partial charge in [0.2, 0.25) is 5.91 Å². The summed E-state index contributed by atoms with van der Waals surface area (Å²) < 4.78 is 2.32. The van der Waals surface area contributed by atoms with Crippen LogP contribution in [0.3, 0.4) is 0 Å². The first-order chi connectivity index (χ1) is 15.0. The van der Waals surface area contributed by atoms with Crippen LogP contribution in [0, 0.1) is 17.2 Å². The molecule has 4 rings (SSSR count). The molecule has 2 aromatic heterocycles. The Labute approximate surface area is 185 Å². The number of fused-ring (bicyclic) bond motifs is 1. The third-order valence-corrected chi connectivity index (χ3v) is 7.62. The van der Waals surface area contributed by atoms with Crippen molar-refractivity contribution in [1.29, 1.82) is 5.41 Å². The number of aromatic nitrogens is 2. The number of nitrogens with one attached hydrogen (secondary N) is 2. The van der Waals surface area contributed by atoms with E-state index in [9.17, 15) is 4.79 Å². The number of hydrogen-bond donors (Lipinski definition) is 2. The minimum Gasteiger partial charge on any atom is -0.351 e. The van der Waals surface area contributed by atoms with Gasteiger partial charge in [0.1, 0.15) is 5.65 Å². The molecule has 2 aromatic rings. The Morgan fingerprint density at radius 2 is 1.90 bits per heavy atom. The zero-order valence-corrected chi connectivity index (χ0v) is 19.2. The van der Waals surface area contributed by atoms with E-state index >= 15 is 0 Å². The summed E-state index contributed by atoms with van der Waals surface area (Å²) in [7, 11) is 0. The quantitative estimate of drug-likeness (QED) is 0.671. The van der Waals surface area contributed by atoms with Gasteiger partial charge in [-0.3, -0.25) is 4.79 Å². The second-order valence-corrected chi connectivity index (χ2v) is 9.74. The van der Waals surface area contributed by atoms with E-state index in [0.717, 1.165) is 66.1 Å². The SMILES string of the molecule is CC(=O)NCc1c(C=N)c2cccnc2n1C1CCN([C@H]2CC[C@@H](C(C)C)CC2)CC1. The maximum absolute atomic E-state index is 11.6. The van der Waals surface area contributed by atoms with Crippen LogP contribution in [0.5, 0.6) is 0 Å². The number of likely N-dealkylation sites (tertiary alicyclic amines) is 1. The number of amides is 1. The molecule has 1 aliphatic carbocycles. The minimum absolute atomic E-state index is 0.0486. The number of pyridine rings is 1. The summed E-state index contributed by atoms with van der Waals surface area (Å²) in [5, 5.41) is 12.0. The Morgan fingerprint density at radius 1 is 1.19 bits per heavy atom. The zero-order chi connectivity index (χ0) is 22.0. The molecule has 0 unspecified atom stereocenters. The van der Waals surface area contributed by atoms with Gasteiger partial charge >= 0.3 is 0 Å². The van der Waals surface area contributed by atoms with Crippen molar-refractivity contribution in [3.63, 3.8) is 0 Å². The first-order valence-electron chi connectivity index (χ1n) is 12.0. The summed E-state index contributed by atoms with van der Waals surface area (Å²) in [5.41, 5.74) is 2.83. The van der Waals surface area contributed by atoms with Gasteiger partial charge in [-0.15, -0.1) is 0 Å². The Balaban J connectivity index is 1.51. The molecule has 0 aromatic carbocycles. The van der Waals surface area contributed by atoms with Crippen molar-refractivity contribution >= 4 is 23.2 Å². The molecular formula is C25H37N5O. The molecule has 0 spiro atoms. The highest BCUT2D eigenvalue weighted by atomic mass is 16.1. The van der Waals surface area contributed by atoms with Gasteiger partial charge in [-0.2, -0.15) is 0 Å². The topological polar surface area (TPSA) is 74.0 Å².